The standard InChI is InChI=1S/C12H19N3O2S/c1-12(2,3)17-11(16)15-10-14-8-5-4-7(13)6-9(8)18-10/h7H,4-6,13H2,1-3H3,(H,14,15,16). The Kier molecular flexibility index (Phi) is 3.59. The van der Waals surface area contributed by atoms with E-state index in [9.17, 15) is 4.79 Å². The Balaban J connectivity index is 2.01. The van der Waals surface area contributed by atoms with Crippen LogP contribution < -0.4 is 11.1 Å². The van der Waals surface area contributed by atoms with E-state index < -0.39 is 11.7 Å². The zero-order valence-corrected chi connectivity index (χ0v) is 11.8. The van der Waals surface area contributed by atoms with Crippen molar-refractivity contribution in [1.29, 1.82) is 0 Å². The SMILES string of the molecule is CC(C)(C)OC(=O)Nc1nc2c(s1)CC(N)CC2. The van der Waals surface area contributed by atoms with E-state index in [1.165, 1.54) is 16.2 Å². The molecule has 0 fully saturated rings. The van der Waals surface area contributed by atoms with Crippen molar-refractivity contribution in [2.45, 2.75) is 51.7 Å². The molecule has 1 atom stereocenters. The van der Waals surface area contributed by atoms with Crippen LogP contribution in [0.15, 0.2) is 0 Å². The molecule has 0 saturated heterocycles. The number of aryl methyl sites for hydroxylation is 1. The van der Waals surface area contributed by atoms with Gasteiger partial charge in [-0.25, -0.2) is 9.78 Å². The van der Waals surface area contributed by atoms with E-state index in [1.807, 2.05) is 20.8 Å². The summed E-state index contributed by atoms with van der Waals surface area (Å²) in [5.74, 6) is 0. The van der Waals surface area contributed by atoms with Gasteiger partial charge in [-0.1, -0.05) is 0 Å². The minimum absolute atomic E-state index is 0.215. The third kappa shape index (κ3) is 3.43. The number of hydrogen-bond donors (Lipinski definition) is 2. The zero-order valence-electron chi connectivity index (χ0n) is 10.9. The summed E-state index contributed by atoms with van der Waals surface area (Å²) in [5.41, 5.74) is 6.48. The van der Waals surface area contributed by atoms with Gasteiger partial charge in [-0.15, -0.1) is 11.3 Å². The van der Waals surface area contributed by atoms with Crippen LogP contribution in [-0.2, 0) is 17.6 Å². The third-order valence-electron chi connectivity index (χ3n) is 2.59. The molecule has 1 amide bonds. The highest BCUT2D eigenvalue weighted by Gasteiger charge is 2.22. The molecular formula is C12H19N3O2S. The fourth-order valence-electron chi connectivity index (χ4n) is 1.84. The predicted octanol–water partition coefficient (Wildman–Crippen LogP) is 2.31. The molecule has 1 heterocycles. The number of carbonyl (C=O) groups is 1. The Morgan fingerprint density at radius 3 is 2.94 bits per heavy atom. The monoisotopic (exact) mass is 269 g/mol. The number of carbonyl (C=O) groups excluding carboxylic acids is 1. The lowest BCUT2D eigenvalue weighted by Crippen LogP contribution is -2.27. The fourth-order valence-corrected chi connectivity index (χ4v) is 2.93. The van der Waals surface area contributed by atoms with E-state index in [0.717, 1.165) is 25.0 Å². The molecule has 2 rings (SSSR count). The normalized spacial score (nSPS) is 19.2. The van der Waals surface area contributed by atoms with Gasteiger partial charge >= 0.3 is 6.09 Å². The van der Waals surface area contributed by atoms with Crippen molar-refractivity contribution >= 4 is 22.6 Å². The highest BCUT2D eigenvalue weighted by molar-refractivity contribution is 7.15. The second kappa shape index (κ2) is 4.85. The Morgan fingerprint density at radius 1 is 1.56 bits per heavy atom. The minimum atomic E-state index is -0.497. The molecule has 0 aliphatic heterocycles. The summed E-state index contributed by atoms with van der Waals surface area (Å²) in [6, 6.07) is 0.215. The molecule has 0 aromatic carbocycles. The summed E-state index contributed by atoms with van der Waals surface area (Å²) in [4.78, 5) is 17.2. The molecule has 100 valence electrons. The van der Waals surface area contributed by atoms with Crippen LogP contribution in [0.25, 0.3) is 0 Å². The molecule has 6 heteroatoms. The zero-order chi connectivity index (χ0) is 13.3. The Labute approximate surface area is 111 Å². The highest BCUT2D eigenvalue weighted by atomic mass is 32.1. The van der Waals surface area contributed by atoms with Crippen molar-refractivity contribution in [2.75, 3.05) is 5.32 Å². The van der Waals surface area contributed by atoms with Gasteiger partial charge in [0.05, 0.1) is 5.69 Å². The summed E-state index contributed by atoms with van der Waals surface area (Å²) in [6.07, 6.45) is 2.24. The predicted molar refractivity (Wildman–Crippen MR) is 72.0 cm³/mol. The maximum Gasteiger partial charge on any atom is 0.413 e. The van der Waals surface area contributed by atoms with Gasteiger partial charge in [0.25, 0.3) is 0 Å². The van der Waals surface area contributed by atoms with Crippen LogP contribution in [-0.4, -0.2) is 22.7 Å². The molecule has 0 radical (unpaired) electrons. The summed E-state index contributed by atoms with van der Waals surface area (Å²) in [6.45, 7) is 5.50. The second-order valence-corrected chi connectivity index (χ2v) is 6.60. The van der Waals surface area contributed by atoms with Gasteiger partial charge in [-0.3, -0.25) is 5.32 Å². The Morgan fingerprint density at radius 2 is 2.28 bits per heavy atom. The third-order valence-corrected chi connectivity index (χ3v) is 3.62. The van der Waals surface area contributed by atoms with Gasteiger partial charge in [0.15, 0.2) is 5.13 Å². The first-order valence-electron chi connectivity index (χ1n) is 6.07. The smallest absolute Gasteiger partial charge is 0.413 e. The van der Waals surface area contributed by atoms with Gasteiger partial charge in [0.2, 0.25) is 0 Å². The molecule has 18 heavy (non-hydrogen) atoms. The van der Waals surface area contributed by atoms with Crippen LogP contribution in [0.2, 0.25) is 0 Å². The van der Waals surface area contributed by atoms with Crippen molar-refractivity contribution in [3.8, 4) is 0 Å². The Hall–Kier alpha value is -1.14. The number of fused-ring (bicyclic) bond motifs is 1. The van der Waals surface area contributed by atoms with Gasteiger partial charge in [0, 0.05) is 10.9 Å². The number of aromatic nitrogens is 1. The van der Waals surface area contributed by atoms with E-state index in [0.29, 0.717) is 5.13 Å². The largest absolute Gasteiger partial charge is 0.444 e. The number of anilines is 1. The van der Waals surface area contributed by atoms with Gasteiger partial charge in [-0.2, -0.15) is 0 Å². The molecule has 0 bridgehead atoms. The number of ether oxygens (including phenoxy) is 1. The van der Waals surface area contributed by atoms with Crippen LogP contribution in [0.5, 0.6) is 0 Å². The van der Waals surface area contributed by atoms with Crippen LogP contribution in [0.1, 0.15) is 37.8 Å². The molecular weight excluding hydrogens is 250 g/mol. The fraction of sp³-hybridized carbons (Fsp3) is 0.667. The number of amides is 1. The summed E-state index contributed by atoms with van der Waals surface area (Å²) in [5, 5.41) is 3.28. The molecule has 0 spiro atoms. The van der Waals surface area contributed by atoms with E-state index in [-0.39, 0.29) is 6.04 Å². The molecule has 1 aromatic heterocycles. The van der Waals surface area contributed by atoms with E-state index >= 15 is 0 Å². The number of hydrogen-bond acceptors (Lipinski definition) is 5. The Bertz CT molecular complexity index is 451. The van der Waals surface area contributed by atoms with Crippen LogP contribution in [0.3, 0.4) is 0 Å². The van der Waals surface area contributed by atoms with Gasteiger partial charge < -0.3 is 10.5 Å². The molecule has 1 aliphatic rings. The highest BCUT2D eigenvalue weighted by Crippen LogP contribution is 2.29. The number of nitrogens with two attached hydrogens (primary N) is 1. The molecule has 1 aromatic rings. The van der Waals surface area contributed by atoms with Crippen molar-refractivity contribution in [2.24, 2.45) is 5.73 Å². The summed E-state index contributed by atoms with van der Waals surface area (Å²) >= 11 is 1.49. The van der Waals surface area contributed by atoms with Crippen molar-refractivity contribution in [3.05, 3.63) is 10.6 Å². The molecule has 0 saturated carbocycles. The van der Waals surface area contributed by atoms with Crippen LogP contribution in [0.4, 0.5) is 9.93 Å². The minimum Gasteiger partial charge on any atom is -0.444 e. The van der Waals surface area contributed by atoms with Crippen LogP contribution >= 0.6 is 11.3 Å². The topological polar surface area (TPSA) is 77.2 Å². The van der Waals surface area contributed by atoms with E-state index in [4.69, 9.17) is 10.5 Å². The van der Waals surface area contributed by atoms with Gasteiger partial charge in [-0.05, 0) is 40.0 Å². The average Bonchev–Trinajstić information content (AvgIpc) is 2.55. The van der Waals surface area contributed by atoms with Gasteiger partial charge in [0.1, 0.15) is 5.60 Å². The van der Waals surface area contributed by atoms with Crippen molar-refractivity contribution < 1.29 is 9.53 Å². The number of rotatable bonds is 1. The average molecular weight is 269 g/mol. The lowest BCUT2D eigenvalue weighted by Gasteiger charge is -2.18. The van der Waals surface area contributed by atoms with Crippen molar-refractivity contribution in [1.82, 2.24) is 4.98 Å². The lowest BCUT2D eigenvalue weighted by molar-refractivity contribution is 0.0636. The van der Waals surface area contributed by atoms with Crippen LogP contribution in [0, 0.1) is 0 Å². The second-order valence-electron chi connectivity index (χ2n) is 5.52. The summed E-state index contributed by atoms with van der Waals surface area (Å²) < 4.78 is 5.19. The first-order valence-corrected chi connectivity index (χ1v) is 6.89. The maximum absolute atomic E-state index is 11.6. The number of nitrogens with zero attached hydrogens (tertiary/aromatic N) is 1. The molecule has 1 unspecified atom stereocenters. The number of nitrogens with one attached hydrogen (secondary N) is 1. The molecule has 5 nitrogen and oxygen atoms in total. The van der Waals surface area contributed by atoms with Crippen molar-refractivity contribution in [3.63, 3.8) is 0 Å². The lowest BCUT2D eigenvalue weighted by atomic mass is 9.99. The maximum atomic E-state index is 11.6. The number of thiazole rings is 1. The molecule has 1 aliphatic carbocycles. The first kappa shape index (κ1) is 13.3. The quantitative estimate of drug-likeness (QED) is 0.820. The van der Waals surface area contributed by atoms with E-state index in [1.54, 1.807) is 0 Å². The summed E-state index contributed by atoms with van der Waals surface area (Å²) in [7, 11) is 0. The molecule has 3 N–H and O–H groups in total. The first-order chi connectivity index (χ1) is 8.33. The van der Waals surface area contributed by atoms with E-state index in [2.05, 4.69) is 10.3 Å².